The number of para-hydroxylation sites is 1. The SMILES string of the molecule is CC1(C)c2ccccc2-c2c(N(c3ccc(-c4ccc5c(c4)oc4cc6oc(-c7ccccc7)nc6cc45)cc3)c3ccc4oc5ccccc5c4c3)cccc21. The van der Waals surface area contributed by atoms with Crippen LogP contribution in [0.4, 0.5) is 17.1 Å². The molecule has 0 saturated heterocycles. The molecule has 0 amide bonds. The topological polar surface area (TPSA) is 55.6 Å². The van der Waals surface area contributed by atoms with Crippen molar-refractivity contribution in [2.24, 2.45) is 0 Å². The van der Waals surface area contributed by atoms with Gasteiger partial charge in [0, 0.05) is 55.5 Å². The average molecular weight is 735 g/mol. The molecule has 0 aliphatic heterocycles. The quantitative estimate of drug-likeness (QED) is 0.176. The molecule has 3 heterocycles. The number of hydrogen-bond donors (Lipinski definition) is 0. The van der Waals surface area contributed by atoms with E-state index in [9.17, 15) is 0 Å². The van der Waals surface area contributed by atoms with E-state index in [4.69, 9.17) is 18.2 Å². The van der Waals surface area contributed by atoms with Crippen molar-refractivity contribution in [3.05, 3.63) is 181 Å². The molecule has 57 heavy (non-hydrogen) atoms. The third-order valence-electron chi connectivity index (χ3n) is 11.9. The van der Waals surface area contributed by atoms with Gasteiger partial charge in [-0.2, -0.15) is 0 Å². The second kappa shape index (κ2) is 11.8. The van der Waals surface area contributed by atoms with E-state index >= 15 is 0 Å². The number of furan rings is 2. The Hall–Kier alpha value is -7.37. The lowest BCUT2D eigenvalue weighted by Crippen LogP contribution is -2.16. The van der Waals surface area contributed by atoms with Gasteiger partial charge in [-0.05, 0) is 101 Å². The zero-order valence-corrected chi connectivity index (χ0v) is 31.3. The minimum atomic E-state index is -0.122. The van der Waals surface area contributed by atoms with Crippen molar-refractivity contribution in [3.8, 4) is 33.7 Å². The summed E-state index contributed by atoms with van der Waals surface area (Å²) in [5.41, 5.74) is 16.4. The Labute approximate surface area is 328 Å². The number of rotatable bonds is 5. The van der Waals surface area contributed by atoms with Crippen molar-refractivity contribution in [1.82, 2.24) is 4.98 Å². The standard InChI is InChI=1S/C52H34N2O3/c1-52(2)41-15-8-6-14-38(41)50-42(52)16-10-17-44(50)54(35-24-26-46-39(28-35)36-13-7-9-18-45(36)55-46)34-22-19-31(20-23-34)33-21-25-37-40-29-43-49(30-48(40)56-47(37)27-33)57-51(53-43)32-11-4-3-5-12-32/h3-30H,1-2H3. The Balaban J connectivity index is 0.969. The van der Waals surface area contributed by atoms with Crippen molar-refractivity contribution < 1.29 is 13.3 Å². The molecule has 3 aromatic heterocycles. The molecular formula is C52H34N2O3. The fraction of sp³-hybridized carbons (Fsp3) is 0.0577. The number of oxazole rings is 1. The molecule has 12 rings (SSSR count). The van der Waals surface area contributed by atoms with Crippen LogP contribution in [0.1, 0.15) is 25.0 Å². The molecule has 0 radical (unpaired) electrons. The second-order valence-electron chi connectivity index (χ2n) is 15.5. The molecule has 1 aliphatic carbocycles. The van der Waals surface area contributed by atoms with Gasteiger partial charge in [0.2, 0.25) is 5.89 Å². The fourth-order valence-electron chi connectivity index (χ4n) is 9.09. The first-order chi connectivity index (χ1) is 28.0. The van der Waals surface area contributed by atoms with Crippen molar-refractivity contribution in [1.29, 1.82) is 0 Å². The molecule has 0 bridgehead atoms. The minimum absolute atomic E-state index is 0.122. The van der Waals surface area contributed by atoms with Crippen LogP contribution in [-0.2, 0) is 5.41 Å². The molecule has 1 aliphatic rings. The van der Waals surface area contributed by atoms with Crippen LogP contribution in [0.3, 0.4) is 0 Å². The normalized spacial score (nSPS) is 13.2. The Morgan fingerprint density at radius 3 is 2.02 bits per heavy atom. The van der Waals surface area contributed by atoms with Gasteiger partial charge in [0.05, 0.1) is 5.69 Å². The number of aromatic nitrogens is 1. The van der Waals surface area contributed by atoms with E-state index < -0.39 is 0 Å². The van der Waals surface area contributed by atoms with Crippen LogP contribution in [0.25, 0.3) is 88.7 Å². The molecular weight excluding hydrogens is 701 g/mol. The van der Waals surface area contributed by atoms with Gasteiger partial charge in [0.25, 0.3) is 0 Å². The van der Waals surface area contributed by atoms with Crippen molar-refractivity contribution in [3.63, 3.8) is 0 Å². The van der Waals surface area contributed by atoms with E-state index in [1.807, 2.05) is 48.5 Å². The molecule has 0 saturated carbocycles. The Morgan fingerprint density at radius 2 is 1.12 bits per heavy atom. The fourth-order valence-corrected chi connectivity index (χ4v) is 9.09. The highest BCUT2D eigenvalue weighted by Crippen LogP contribution is 2.54. The lowest BCUT2D eigenvalue weighted by Gasteiger charge is -2.29. The second-order valence-corrected chi connectivity index (χ2v) is 15.5. The van der Waals surface area contributed by atoms with Crippen LogP contribution in [0.5, 0.6) is 0 Å². The number of anilines is 3. The molecule has 0 spiro atoms. The Morgan fingerprint density at radius 1 is 0.439 bits per heavy atom. The smallest absolute Gasteiger partial charge is 0.227 e. The van der Waals surface area contributed by atoms with Gasteiger partial charge in [0.1, 0.15) is 27.8 Å². The van der Waals surface area contributed by atoms with Crippen LogP contribution in [-0.4, -0.2) is 4.98 Å². The van der Waals surface area contributed by atoms with E-state index in [0.717, 1.165) is 83.1 Å². The Bertz CT molecular complexity index is 3380. The van der Waals surface area contributed by atoms with Crippen LogP contribution < -0.4 is 4.90 Å². The summed E-state index contributed by atoms with van der Waals surface area (Å²) < 4.78 is 18.9. The third-order valence-corrected chi connectivity index (χ3v) is 11.9. The lowest BCUT2D eigenvalue weighted by molar-refractivity contribution is 0.617. The van der Waals surface area contributed by atoms with Crippen LogP contribution in [0, 0.1) is 0 Å². The number of hydrogen-bond acceptors (Lipinski definition) is 5. The van der Waals surface area contributed by atoms with E-state index in [1.54, 1.807) is 0 Å². The summed E-state index contributed by atoms with van der Waals surface area (Å²) in [4.78, 5) is 7.20. The molecule has 0 N–H and O–H groups in total. The molecule has 0 fully saturated rings. The van der Waals surface area contributed by atoms with Gasteiger partial charge in [-0.25, -0.2) is 4.98 Å². The summed E-state index contributed by atoms with van der Waals surface area (Å²) in [6.07, 6.45) is 0. The predicted molar refractivity (Wildman–Crippen MR) is 232 cm³/mol. The van der Waals surface area contributed by atoms with Crippen molar-refractivity contribution in [2.75, 3.05) is 4.90 Å². The van der Waals surface area contributed by atoms with Crippen molar-refractivity contribution in [2.45, 2.75) is 19.3 Å². The van der Waals surface area contributed by atoms with E-state index in [2.05, 4.69) is 140 Å². The van der Waals surface area contributed by atoms with E-state index in [-0.39, 0.29) is 5.41 Å². The summed E-state index contributed by atoms with van der Waals surface area (Å²) in [5.74, 6) is 0.604. The molecule has 11 aromatic rings. The van der Waals surface area contributed by atoms with Crippen LogP contribution >= 0.6 is 0 Å². The zero-order chi connectivity index (χ0) is 37.8. The van der Waals surface area contributed by atoms with Gasteiger partial charge < -0.3 is 18.2 Å². The summed E-state index contributed by atoms with van der Waals surface area (Å²) in [5, 5.41) is 4.27. The third kappa shape index (κ3) is 4.79. The maximum absolute atomic E-state index is 6.46. The largest absolute Gasteiger partial charge is 0.456 e. The maximum Gasteiger partial charge on any atom is 0.227 e. The summed E-state index contributed by atoms with van der Waals surface area (Å²) in [6, 6.07) is 59.7. The molecule has 0 atom stereocenters. The van der Waals surface area contributed by atoms with Gasteiger partial charge in [-0.3, -0.25) is 0 Å². The minimum Gasteiger partial charge on any atom is -0.456 e. The highest BCUT2D eigenvalue weighted by Gasteiger charge is 2.37. The summed E-state index contributed by atoms with van der Waals surface area (Å²) in [7, 11) is 0. The molecule has 5 nitrogen and oxygen atoms in total. The molecule has 5 heteroatoms. The first-order valence-corrected chi connectivity index (χ1v) is 19.4. The molecule has 8 aromatic carbocycles. The summed E-state index contributed by atoms with van der Waals surface area (Å²) in [6.45, 7) is 4.67. The van der Waals surface area contributed by atoms with Crippen LogP contribution in [0.15, 0.2) is 183 Å². The number of benzene rings is 8. The van der Waals surface area contributed by atoms with Crippen LogP contribution in [0.2, 0.25) is 0 Å². The first kappa shape index (κ1) is 31.9. The highest BCUT2D eigenvalue weighted by atomic mass is 16.4. The number of fused-ring (bicyclic) bond motifs is 10. The van der Waals surface area contributed by atoms with Gasteiger partial charge in [-0.15, -0.1) is 0 Å². The van der Waals surface area contributed by atoms with E-state index in [1.165, 1.54) is 22.3 Å². The molecule has 270 valence electrons. The van der Waals surface area contributed by atoms with Gasteiger partial charge in [-0.1, -0.05) is 105 Å². The van der Waals surface area contributed by atoms with Gasteiger partial charge in [0.15, 0.2) is 5.58 Å². The molecule has 0 unspecified atom stereocenters. The average Bonchev–Trinajstić information content (AvgIpc) is 4.00. The highest BCUT2D eigenvalue weighted by molar-refractivity contribution is 6.10. The lowest BCUT2D eigenvalue weighted by atomic mass is 9.82. The van der Waals surface area contributed by atoms with E-state index in [0.29, 0.717) is 11.5 Å². The predicted octanol–water partition coefficient (Wildman–Crippen LogP) is 14.7. The van der Waals surface area contributed by atoms with Gasteiger partial charge >= 0.3 is 0 Å². The number of nitrogens with zero attached hydrogens (tertiary/aromatic N) is 2. The maximum atomic E-state index is 6.46. The Kier molecular flexibility index (Phi) is 6.62. The monoisotopic (exact) mass is 734 g/mol. The summed E-state index contributed by atoms with van der Waals surface area (Å²) >= 11 is 0. The van der Waals surface area contributed by atoms with Crippen molar-refractivity contribution >= 4 is 72.0 Å². The zero-order valence-electron chi connectivity index (χ0n) is 31.3. The first-order valence-electron chi connectivity index (χ1n) is 19.4.